The molecule has 22 nitrogen and oxygen atoms in total. The van der Waals surface area contributed by atoms with E-state index in [1.807, 2.05) is 0 Å². The maximum absolute atomic E-state index is 13.4. The van der Waals surface area contributed by atoms with E-state index in [0.29, 0.717) is 0 Å². The summed E-state index contributed by atoms with van der Waals surface area (Å²) in [6.07, 6.45) is 0. The Kier molecular flexibility index (Phi) is 11.7. The summed E-state index contributed by atoms with van der Waals surface area (Å²) in [6.45, 7) is 0. The van der Waals surface area contributed by atoms with Gasteiger partial charge in [0.1, 0.15) is 38.3 Å². The lowest BCUT2D eigenvalue weighted by Crippen LogP contribution is -2.18. The zero-order chi connectivity index (χ0) is 47.0. The van der Waals surface area contributed by atoms with E-state index in [-0.39, 0.29) is 55.4 Å². The Hall–Kier alpha value is -8.71. The molecule has 0 spiro atoms. The van der Waals surface area contributed by atoms with E-state index in [9.17, 15) is 60.4 Å². The number of benzene rings is 6. The molecular formula is C41H27N7O15S2. The maximum Gasteiger partial charge on any atom is 0.335 e. The normalized spacial score (nSPS) is 11.9. The molecule has 7 rings (SSSR count). The second-order valence-electron chi connectivity index (χ2n) is 13.6. The quantitative estimate of drug-likeness (QED) is 0.0418. The zero-order valence-electron chi connectivity index (χ0n) is 32.3. The topological polar surface area (TPSA) is 365 Å². The monoisotopic (exact) mass is 921 g/mol. The van der Waals surface area contributed by atoms with Crippen LogP contribution in [0.4, 0.5) is 34.1 Å². The standard InChI is InChI=1S/C41H27N7O15S2/c49-27-17-30(38(52)42-25-9-11-28-21(13-25)15-32(64(58,59)60)34(36(28)50)47-45-23-5-1-19(2-6-23)40(54)55)44-31(18-27)39(53)43-26-10-12-29-22(14-26)16-33(65(61,62)63)35(37(29)51)48-46-24-7-3-20(4-8-24)41(56)57/h1-18,50-51H,(H,42,52)(H,43,53)(H,44,49)(H,54,55)(H,56,57)(H,58,59,60)(H,61,62,63). The van der Waals surface area contributed by atoms with Crippen molar-refractivity contribution in [2.75, 3.05) is 10.6 Å². The molecule has 0 aliphatic rings. The number of rotatable bonds is 12. The number of azo groups is 2. The van der Waals surface area contributed by atoms with Crippen molar-refractivity contribution >= 4 is 99.7 Å². The van der Waals surface area contributed by atoms with E-state index < -0.39 is 93.8 Å². The van der Waals surface area contributed by atoms with Gasteiger partial charge in [0.15, 0.2) is 11.5 Å². The van der Waals surface area contributed by atoms with Crippen molar-refractivity contribution in [3.63, 3.8) is 0 Å². The molecule has 328 valence electrons. The first-order valence-corrected chi connectivity index (χ1v) is 20.9. The second kappa shape index (κ2) is 17.2. The minimum absolute atomic E-state index is 0.00469. The Morgan fingerprint density at radius 2 is 0.862 bits per heavy atom. The number of anilines is 2. The van der Waals surface area contributed by atoms with Crippen LogP contribution >= 0.6 is 0 Å². The van der Waals surface area contributed by atoms with E-state index in [1.165, 1.54) is 84.9 Å². The molecule has 2 amide bonds. The number of nitrogens with zero attached hydrogens (tertiary/aromatic N) is 5. The third kappa shape index (κ3) is 9.69. The fraction of sp³-hybridized carbons (Fsp3) is 0. The number of pyridine rings is 1. The lowest BCUT2D eigenvalue weighted by atomic mass is 10.1. The van der Waals surface area contributed by atoms with Crippen molar-refractivity contribution < 1.29 is 70.7 Å². The third-order valence-corrected chi connectivity index (χ3v) is 10.9. The van der Waals surface area contributed by atoms with Crippen LogP contribution in [0.15, 0.2) is 139 Å². The molecule has 0 saturated carbocycles. The average molecular weight is 922 g/mol. The molecule has 0 unspecified atom stereocenters. The van der Waals surface area contributed by atoms with Gasteiger partial charge in [-0.15, -0.1) is 10.2 Å². The summed E-state index contributed by atoms with van der Waals surface area (Å²) in [5.41, 5.74) is -2.20. The highest BCUT2D eigenvalue weighted by Gasteiger charge is 2.25. The number of fused-ring (bicyclic) bond motifs is 2. The predicted octanol–water partition coefficient (Wildman–Crippen LogP) is 7.73. The van der Waals surface area contributed by atoms with Gasteiger partial charge in [-0.2, -0.15) is 27.1 Å². The highest BCUT2D eigenvalue weighted by Crippen LogP contribution is 2.43. The Balaban J connectivity index is 1.12. The van der Waals surface area contributed by atoms with E-state index in [0.717, 1.165) is 24.3 Å². The first kappa shape index (κ1) is 44.3. The molecular weight excluding hydrogens is 895 g/mol. The molecule has 0 radical (unpaired) electrons. The summed E-state index contributed by atoms with van der Waals surface area (Å²) < 4.78 is 69.4. The van der Waals surface area contributed by atoms with Crippen LogP contribution in [-0.4, -0.2) is 80.2 Å². The molecule has 9 N–H and O–H groups in total. The number of phenolic OH excluding ortho intramolecular Hbond substituents is 2. The van der Waals surface area contributed by atoms with Crippen molar-refractivity contribution in [3.8, 4) is 17.2 Å². The Labute approximate surface area is 364 Å². The van der Waals surface area contributed by atoms with Gasteiger partial charge in [0, 0.05) is 34.3 Å². The van der Waals surface area contributed by atoms with Crippen LogP contribution < -0.4 is 10.6 Å². The Bertz CT molecular complexity index is 3230. The van der Waals surface area contributed by atoms with E-state index >= 15 is 0 Å². The number of hydrogen-bond acceptors (Lipinski definition) is 16. The minimum Gasteiger partial charge on any atom is -0.508 e. The number of carbonyl (C=O) groups excluding carboxylic acids is 2. The number of carboxylic acid groups (broad SMARTS) is 2. The number of aromatic carboxylic acids is 2. The van der Waals surface area contributed by atoms with Crippen LogP contribution in [0.2, 0.25) is 0 Å². The molecule has 0 aliphatic heterocycles. The van der Waals surface area contributed by atoms with E-state index in [1.54, 1.807) is 0 Å². The maximum atomic E-state index is 13.4. The van der Waals surface area contributed by atoms with Crippen LogP contribution in [-0.2, 0) is 20.2 Å². The van der Waals surface area contributed by atoms with Crippen LogP contribution in [0.5, 0.6) is 17.2 Å². The van der Waals surface area contributed by atoms with E-state index in [2.05, 4.69) is 36.1 Å². The van der Waals surface area contributed by atoms with Gasteiger partial charge in [0.25, 0.3) is 32.1 Å². The first-order chi connectivity index (χ1) is 30.7. The summed E-state index contributed by atoms with van der Waals surface area (Å²) >= 11 is 0. The largest absolute Gasteiger partial charge is 0.508 e. The summed E-state index contributed by atoms with van der Waals surface area (Å²) in [6, 6.07) is 21.3. The number of nitrogens with one attached hydrogen (secondary N) is 2. The van der Waals surface area contributed by atoms with Gasteiger partial charge < -0.3 is 36.2 Å². The van der Waals surface area contributed by atoms with Gasteiger partial charge in [0.2, 0.25) is 0 Å². The van der Waals surface area contributed by atoms with Crippen molar-refractivity contribution in [1.82, 2.24) is 4.98 Å². The molecule has 6 aromatic carbocycles. The van der Waals surface area contributed by atoms with Gasteiger partial charge in [-0.3, -0.25) is 18.7 Å². The highest BCUT2D eigenvalue weighted by atomic mass is 32.2. The van der Waals surface area contributed by atoms with Gasteiger partial charge in [-0.05, 0) is 108 Å². The number of hydrogen-bond donors (Lipinski definition) is 9. The molecule has 0 atom stereocenters. The molecule has 0 aliphatic carbocycles. The van der Waals surface area contributed by atoms with Crippen molar-refractivity contribution in [1.29, 1.82) is 0 Å². The number of aromatic nitrogens is 1. The molecule has 1 heterocycles. The number of aromatic hydroxyl groups is 3. The molecule has 0 bridgehead atoms. The van der Waals surface area contributed by atoms with E-state index in [4.69, 9.17) is 10.2 Å². The molecule has 1 aromatic heterocycles. The Morgan fingerprint density at radius 3 is 1.20 bits per heavy atom. The number of carbonyl (C=O) groups is 4. The lowest BCUT2D eigenvalue weighted by molar-refractivity contribution is 0.0686. The predicted molar refractivity (Wildman–Crippen MR) is 228 cm³/mol. The van der Waals surface area contributed by atoms with Gasteiger partial charge in [-0.1, -0.05) is 0 Å². The average Bonchev–Trinajstić information content (AvgIpc) is 3.24. The fourth-order valence-electron chi connectivity index (χ4n) is 6.14. The SMILES string of the molecule is O=C(O)c1ccc(N=Nc2c(S(=O)(=O)O)cc3cc(NC(=O)c4cc(O)cc(C(=O)Nc5ccc6c(O)c(N=Nc7ccc(C(=O)O)cc7)c(S(=O)(=O)O)cc6c5)n4)ccc3c2O)cc1. The molecule has 7 aromatic rings. The second-order valence-corrected chi connectivity index (χ2v) is 16.4. The Morgan fingerprint density at radius 1 is 0.492 bits per heavy atom. The molecule has 65 heavy (non-hydrogen) atoms. The third-order valence-electron chi connectivity index (χ3n) is 9.21. The zero-order valence-corrected chi connectivity index (χ0v) is 34.0. The molecule has 0 saturated heterocycles. The van der Waals surface area contributed by atoms with Crippen molar-refractivity contribution in [2.24, 2.45) is 20.5 Å². The lowest BCUT2D eigenvalue weighted by Gasteiger charge is -2.12. The summed E-state index contributed by atoms with van der Waals surface area (Å²) in [5, 5.41) is 70.8. The van der Waals surface area contributed by atoms with Crippen LogP contribution in [0.1, 0.15) is 41.7 Å². The number of amides is 2. The molecule has 0 fully saturated rings. The fourth-order valence-corrected chi connectivity index (χ4v) is 7.46. The van der Waals surface area contributed by atoms with Gasteiger partial charge in [-0.25, -0.2) is 14.6 Å². The smallest absolute Gasteiger partial charge is 0.335 e. The highest BCUT2D eigenvalue weighted by molar-refractivity contribution is 7.86. The van der Waals surface area contributed by atoms with Gasteiger partial charge >= 0.3 is 11.9 Å². The van der Waals surface area contributed by atoms with Crippen LogP contribution in [0, 0.1) is 0 Å². The van der Waals surface area contributed by atoms with Gasteiger partial charge in [0.05, 0.1) is 22.5 Å². The van der Waals surface area contributed by atoms with Crippen LogP contribution in [0.25, 0.3) is 21.5 Å². The van der Waals surface area contributed by atoms with Crippen LogP contribution in [0.3, 0.4) is 0 Å². The number of phenols is 2. The number of carboxylic acids is 2. The van der Waals surface area contributed by atoms with Crippen molar-refractivity contribution in [2.45, 2.75) is 9.79 Å². The summed E-state index contributed by atoms with van der Waals surface area (Å²) in [4.78, 5) is 51.3. The summed E-state index contributed by atoms with van der Waals surface area (Å²) in [5.74, 6) is -6.37. The first-order valence-electron chi connectivity index (χ1n) is 18.0. The summed E-state index contributed by atoms with van der Waals surface area (Å²) in [7, 11) is -10.1. The van der Waals surface area contributed by atoms with Crippen molar-refractivity contribution in [3.05, 3.63) is 132 Å². The molecule has 24 heteroatoms. The minimum atomic E-state index is -5.05.